The number of carbonyl (C=O) groups is 2. The molecule has 0 aliphatic carbocycles. The number of halogens is 1. The van der Waals surface area contributed by atoms with Crippen LogP contribution in [0.4, 0.5) is 5.69 Å². The summed E-state index contributed by atoms with van der Waals surface area (Å²) in [4.78, 5) is 21.6. The van der Waals surface area contributed by atoms with Crippen LogP contribution in [0, 0.1) is 0 Å². The second-order valence-corrected chi connectivity index (χ2v) is 3.66. The van der Waals surface area contributed by atoms with Gasteiger partial charge in [-0.25, -0.2) is 4.79 Å². The highest BCUT2D eigenvalue weighted by Gasteiger charge is 2.08. The van der Waals surface area contributed by atoms with Gasteiger partial charge in [-0.05, 0) is 18.2 Å². The lowest BCUT2D eigenvalue weighted by atomic mass is 10.2. The van der Waals surface area contributed by atoms with Crippen LogP contribution < -0.4 is 5.32 Å². The molecule has 2 N–H and O–H groups in total. The molecule has 0 aromatic heterocycles. The topological polar surface area (TPSA) is 75.6 Å². The van der Waals surface area contributed by atoms with E-state index in [-0.39, 0.29) is 13.0 Å². The van der Waals surface area contributed by atoms with Crippen LogP contribution in [-0.2, 0) is 9.53 Å². The molecule has 106 valence electrons. The van der Waals surface area contributed by atoms with Gasteiger partial charge in [0.2, 0.25) is 0 Å². The molecule has 0 saturated heterocycles. The number of carbonyl (C=O) groups excluding carboxylic acids is 1. The Bertz CT molecular complexity index is 435. The van der Waals surface area contributed by atoms with Crippen molar-refractivity contribution in [3.63, 3.8) is 0 Å². The lowest BCUT2D eigenvalue weighted by Gasteiger charge is -2.08. The van der Waals surface area contributed by atoms with Crippen molar-refractivity contribution in [1.29, 1.82) is 0 Å². The van der Waals surface area contributed by atoms with Gasteiger partial charge < -0.3 is 15.2 Å². The lowest BCUT2D eigenvalue weighted by Crippen LogP contribution is -2.09. The Labute approximate surface area is 117 Å². The highest BCUT2D eigenvalue weighted by Crippen LogP contribution is 2.23. The van der Waals surface area contributed by atoms with Crippen molar-refractivity contribution in [2.75, 3.05) is 19.0 Å². The molecule has 1 aromatic carbocycles. The average molecular weight is 288 g/mol. The minimum Gasteiger partial charge on any atom is -0.481 e. The normalized spacial score (nSPS) is 9.05. The Balaban J connectivity index is 0.00000154. The number of carboxylic acid groups (broad SMARTS) is 1. The van der Waals surface area contributed by atoms with E-state index in [2.05, 4.69) is 10.1 Å². The molecule has 0 atom stereocenters. The summed E-state index contributed by atoms with van der Waals surface area (Å²) in [6.07, 6.45) is -0.0290. The third-order valence-electron chi connectivity index (χ3n) is 2.04. The van der Waals surface area contributed by atoms with Gasteiger partial charge in [-0.1, -0.05) is 25.4 Å². The molecule has 0 saturated carbocycles. The fourth-order valence-electron chi connectivity index (χ4n) is 1.21. The number of nitrogens with one attached hydrogen (secondary N) is 1. The van der Waals surface area contributed by atoms with Crippen molar-refractivity contribution < 1.29 is 19.4 Å². The highest BCUT2D eigenvalue weighted by atomic mass is 35.5. The number of methoxy groups -OCH3 is 1. The summed E-state index contributed by atoms with van der Waals surface area (Å²) in [5, 5.41) is 11.8. The molecule has 0 heterocycles. The lowest BCUT2D eigenvalue weighted by molar-refractivity contribution is -0.136. The number of ether oxygens (including phenoxy) is 1. The predicted molar refractivity (Wildman–Crippen MR) is 74.9 cm³/mol. The van der Waals surface area contributed by atoms with E-state index in [1.165, 1.54) is 19.2 Å². The van der Waals surface area contributed by atoms with E-state index in [0.29, 0.717) is 16.3 Å². The standard InChI is InChI=1S/C11H12ClNO4.C2H6/c1-17-11(16)7-2-3-8(12)9(6-7)13-5-4-10(14)15;1-2/h2-3,6,13H,4-5H2,1H3,(H,14,15);1-2H3. The maximum absolute atomic E-state index is 11.3. The van der Waals surface area contributed by atoms with Gasteiger partial charge in [0, 0.05) is 6.54 Å². The molecule has 5 nitrogen and oxygen atoms in total. The average Bonchev–Trinajstić information content (AvgIpc) is 2.42. The Kier molecular flexibility index (Phi) is 8.37. The van der Waals surface area contributed by atoms with Gasteiger partial charge in [0.05, 0.1) is 29.8 Å². The van der Waals surface area contributed by atoms with Crippen molar-refractivity contribution in [2.24, 2.45) is 0 Å². The van der Waals surface area contributed by atoms with E-state index in [9.17, 15) is 9.59 Å². The third-order valence-corrected chi connectivity index (χ3v) is 2.37. The number of benzene rings is 1. The number of esters is 1. The molecule has 19 heavy (non-hydrogen) atoms. The summed E-state index contributed by atoms with van der Waals surface area (Å²) in [7, 11) is 1.29. The Morgan fingerprint density at radius 2 is 2.00 bits per heavy atom. The Morgan fingerprint density at radius 1 is 1.37 bits per heavy atom. The molecule has 6 heteroatoms. The van der Waals surface area contributed by atoms with Crippen LogP contribution in [0.15, 0.2) is 18.2 Å². The summed E-state index contributed by atoms with van der Waals surface area (Å²) in [5.74, 6) is -1.37. The van der Waals surface area contributed by atoms with Crippen molar-refractivity contribution in [1.82, 2.24) is 0 Å². The quantitative estimate of drug-likeness (QED) is 0.814. The zero-order valence-electron chi connectivity index (χ0n) is 11.2. The molecule has 0 bridgehead atoms. The summed E-state index contributed by atoms with van der Waals surface area (Å²) < 4.78 is 4.57. The Morgan fingerprint density at radius 3 is 2.53 bits per heavy atom. The van der Waals surface area contributed by atoms with Crippen molar-refractivity contribution in [3.8, 4) is 0 Å². The van der Waals surface area contributed by atoms with E-state index in [1.807, 2.05) is 13.8 Å². The first-order valence-electron chi connectivity index (χ1n) is 5.88. The molecule has 0 unspecified atom stereocenters. The number of rotatable bonds is 5. The van der Waals surface area contributed by atoms with Crippen molar-refractivity contribution in [3.05, 3.63) is 28.8 Å². The molecule has 0 fully saturated rings. The molecule has 0 spiro atoms. The van der Waals surface area contributed by atoms with Gasteiger partial charge in [-0.3, -0.25) is 4.79 Å². The molecule has 0 aliphatic heterocycles. The summed E-state index contributed by atoms with van der Waals surface area (Å²) in [6.45, 7) is 4.24. The maximum Gasteiger partial charge on any atom is 0.337 e. The number of carboxylic acids is 1. The van der Waals surface area contributed by atoms with Gasteiger partial charge in [0.1, 0.15) is 0 Å². The summed E-state index contributed by atoms with van der Waals surface area (Å²) in [6, 6.07) is 4.61. The molecule has 0 amide bonds. The number of hydrogen-bond donors (Lipinski definition) is 2. The number of hydrogen-bond acceptors (Lipinski definition) is 4. The summed E-state index contributed by atoms with van der Waals surface area (Å²) >= 11 is 5.90. The SMILES string of the molecule is CC.COC(=O)c1ccc(Cl)c(NCCC(=O)O)c1. The molecule has 0 radical (unpaired) electrons. The molecule has 1 rings (SSSR count). The highest BCUT2D eigenvalue weighted by molar-refractivity contribution is 6.33. The van der Waals surface area contributed by atoms with Gasteiger partial charge >= 0.3 is 11.9 Å². The van der Waals surface area contributed by atoms with Crippen LogP contribution in [0.1, 0.15) is 30.6 Å². The molecular weight excluding hydrogens is 270 g/mol. The van der Waals surface area contributed by atoms with E-state index < -0.39 is 11.9 Å². The van der Waals surface area contributed by atoms with Crippen molar-refractivity contribution >= 4 is 29.2 Å². The first-order chi connectivity index (χ1) is 9.04. The molecule has 0 aliphatic rings. The van der Waals surface area contributed by atoms with E-state index >= 15 is 0 Å². The zero-order valence-corrected chi connectivity index (χ0v) is 12.0. The monoisotopic (exact) mass is 287 g/mol. The van der Waals surface area contributed by atoms with Gasteiger partial charge in [-0.15, -0.1) is 0 Å². The van der Waals surface area contributed by atoms with Crippen LogP contribution >= 0.6 is 11.6 Å². The van der Waals surface area contributed by atoms with E-state index in [0.717, 1.165) is 0 Å². The fourth-order valence-corrected chi connectivity index (χ4v) is 1.39. The minimum atomic E-state index is -0.905. The van der Waals surface area contributed by atoms with Gasteiger partial charge in [-0.2, -0.15) is 0 Å². The van der Waals surface area contributed by atoms with Crippen LogP contribution in [0.5, 0.6) is 0 Å². The van der Waals surface area contributed by atoms with Gasteiger partial charge in [0.25, 0.3) is 0 Å². The van der Waals surface area contributed by atoms with Crippen LogP contribution in [-0.4, -0.2) is 30.7 Å². The van der Waals surface area contributed by atoms with Crippen LogP contribution in [0.2, 0.25) is 5.02 Å². The van der Waals surface area contributed by atoms with E-state index in [1.54, 1.807) is 6.07 Å². The third kappa shape index (κ3) is 6.10. The van der Waals surface area contributed by atoms with Crippen molar-refractivity contribution in [2.45, 2.75) is 20.3 Å². The first kappa shape index (κ1) is 17.2. The van der Waals surface area contributed by atoms with E-state index in [4.69, 9.17) is 16.7 Å². The van der Waals surface area contributed by atoms with Crippen LogP contribution in [0.3, 0.4) is 0 Å². The second-order valence-electron chi connectivity index (χ2n) is 3.26. The molecular formula is C13H18ClNO4. The number of anilines is 1. The maximum atomic E-state index is 11.3. The minimum absolute atomic E-state index is 0.0290. The summed E-state index contributed by atoms with van der Waals surface area (Å²) in [5.41, 5.74) is 0.866. The van der Waals surface area contributed by atoms with Gasteiger partial charge in [0.15, 0.2) is 0 Å². The largest absolute Gasteiger partial charge is 0.481 e. The first-order valence-corrected chi connectivity index (χ1v) is 6.26. The van der Waals surface area contributed by atoms with Crippen LogP contribution in [0.25, 0.3) is 0 Å². The predicted octanol–water partition coefficient (Wildman–Crippen LogP) is 3.04. The zero-order chi connectivity index (χ0) is 14.8. The smallest absolute Gasteiger partial charge is 0.337 e. The molecule has 1 aromatic rings. The second kappa shape index (κ2) is 9.22. The Hall–Kier alpha value is -1.75. The fraction of sp³-hybridized carbons (Fsp3) is 0.385. The number of aliphatic carboxylic acids is 1.